The first kappa shape index (κ1) is 20.3. The summed E-state index contributed by atoms with van der Waals surface area (Å²) in [4.78, 5) is 23.1. The van der Waals surface area contributed by atoms with Gasteiger partial charge in [-0.3, -0.25) is 19.8 Å². The van der Waals surface area contributed by atoms with Crippen LogP contribution in [0, 0.1) is 24.0 Å². The van der Waals surface area contributed by atoms with Crippen molar-refractivity contribution in [2.75, 3.05) is 13.1 Å². The minimum absolute atomic E-state index is 0.0304. The third kappa shape index (κ3) is 4.37. The van der Waals surface area contributed by atoms with Crippen molar-refractivity contribution in [3.8, 4) is 0 Å². The number of likely N-dealkylation sites (N-methyl/N-ethyl adjacent to an activating group) is 1. The Morgan fingerprint density at radius 2 is 1.88 bits per heavy atom. The average Bonchev–Trinajstić information content (AvgIpc) is 2.47. The summed E-state index contributed by atoms with van der Waals surface area (Å²) in [5.41, 5.74) is 0.497. The quantitative estimate of drug-likeness (QED) is 0.511. The zero-order valence-corrected chi connectivity index (χ0v) is 15.7. The molecule has 9 nitrogen and oxygen atoms in total. The topological polar surface area (TPSA) is 130 Å². The molecular formula is C16H23N3O6S. The number of hydrogen-bond acceptors (Lipinski definition) is 6. The first-order chi connectivity index (χ1) is 12.0. The van der Waals surface area contributed by atoms with Crippen LogP contribution >= 0.6 is 0 Å². The summed E-state index contributed by atoms with van der Waals surface area (Å²) < 4.78 is 28.0. The minimum atomic E-state index is -3.81. The molecule has 1 saturated carbocycles. The van der Waals surface area contributed by atoms with E-state index in [0.29, 0.717) is 30.5 Å². The number of aliphatic carboxylic acids is 1. The highest BCUT2D eigenvalue weighted by Gasteiger charge is 2.37. The Morgan fingerprint density at radius 1 is 1.35 bits per heavy atom. The van der Waals surface area contributed by atoms with Crippen LogP contribution in [0.3, 0.4) is 0 Å². The third-order valence-corrected chi connectivity index (χ3v) is 6.45. The summed E-state index contributed by atoms with van der Waals surface area (Å²) in [6.07, 6.45) is 1.07. The van der Waals surface area contributed by atoms with Gasteiger partial charge in [0.15, 0.2) is 0 Å². The fraction of sp³-hybridized carbons (Fsp3) is 0.562. The molecule has 0 bridgehead atoms. The van der Waals surface area contributed by atoms with Crippen molar-refractivity contribution in [3.63, 3.8) is 0 Å². The number of benzene rings is 1. The first-order valence-electron chi connectivity index (χ1n) is 8.29. The number of nitro groups is 1. The van der Waals surface area contributed by atoms with E-state index in [1.54, 1.807) is 4.90 Å². The van der Waals surface area contributed by atoms with Crippen molar-refractivity contribution in [2.24, 2.45) is 0 Å². The van der Waals surface area contributed by atoms with Crippen molar-refractivity contribution in [2.45, 2.75) is 50.6 Å². The molecule has 2 rings (SSSR count). The Bertz CT molecular complexity index is 794. The van der Waals surface area contributed by atoms with Gasteiger partial charge in [0.2, 0.25) is 10.0 Å². The highest BCUT2D eigenvalue weighted by Crippen LogP contribution is 2.30. The van der Waals surface area contributed by atoms with Gasteiger partial charge in [0.05, 0.1) is 16.4 Å². The van der Waals surface area contributed by atoms with E-state index in [-0.39, 0.29) is 29.2 Å². The number of sulfonamides is 1. The smallest absolute Gasteiger partial charge is 0.317 e. The van der Waals surface area contributed by atoms with Crippen LogP contribution in [0.25, 0.3) is 0 Å². The maximum Gasteiger partial charge on any atom is 0.317 e. The Morgan fingerprint density at radius 3 is 2.31 bits per heavy atom. The first-order valence-corrected chi connectivity index (χ1v) is 9.77. The number of hydrogen-bond donors (Lipinski definition) is 2. The highest BCUT2D eigenvalue weighted by molar-refractivity contribution is 7.89. The van der Waals surface area contributed by atoms with Crippen LogP contribution in [-0.4, -0.2) is 54.5 Å². The second kappa shape index (κ2) is 7.68. The van der Waals surface area contributed by atoms with Gasteiger partial charge < -0.3 is 5.11 Å². The Hall–Kier alpha value is -2.04. The number of carboxylic acids is 1. The molecule has 1 aliphatic rings. The molecule has 0 radical (unpaired) electrons. The van der Waals surface area contributed by atoms with Crippen LogP contribution in [0.15, 0.2) is 17.0 Å². The molecule has 0 amide bonds. The van der Waals surface area contributed by atoms with Crippen LogP contribution in [0.2, 0.25) is 0 Å². The molecule has 1 aromatic rings. The van der Waals surface area contributed by atoms with E-state index in [9.17, 15) is 23.3 Å². The lowest BCUT2D eigenvalue weighted by atomic mass is 9.86. The maximum absolute atomic E-state index is 12.7. The largest absolute Gasteiger partial charge is 0.480 e. The average molecular weight is 385 g/mol. The van der Waals surface area contributed by atoms with E-state index in [2.05, 4.69) is 4.72 Å². The number of carbonyl (C=O) groups is 1. The molecule has 0 unspecified atom stereocenters. The summed E-state index contributed by atoms with van der Waals surface area (Å²) in [6, 6.07) is 2.25. The maximum atomic E-state index is 12.7. The molecule has 0 aromatic heterocycles. The van der Waals surface area contributed by atoms with Crippen LogP contribution in [-0.2, 0) is 14.8 Å². The molecule has 1 aliphatic carbocycles. The summed E-state index contributed by atoms with van der Waals surface area (Å²) >= 11 is 0. The molecule has 2 N–H and O–H groups in total. The van der Waals surface area contributed by atoms with Crippen molar-refractivity contribution >= 4 is 21.7 Å². The summed E-state index contributed by atoms with van der Waals surface area (Å²) in [5.74, 6) is -0.909. The van der Waals surface area contributed by atoms with Gasteiger partial charge in [0.1, 0.15) is 0 Å². The van der Waals surface area contributed by atoms with Gasteiger partial charge in [0, 0.05) is 24.2 Å². The second-order valence-corrected chi connectivity index (χ2v) is 8.22. The van der Waals surface area contributed by atoms with Gasteiger partial charge in [-0.2, -0.15) is 0 Å². The molecular weight excluding hydrogens is 362 g/mol. The van der Waals surface area contributed by atoms with Gasteiger partial charge in [-0.25, -0.2) is 13.1 Å². The van der Waals surface area contributed by atoms with Crippen LogP contribution in [0.1, 0.15) is 30.9 Å². The Balaban J connectivity index is 2.09. The van der Waals surface area contributed by atoms with E-state index in [0.717, 1.165) is 0 Å². The van der Waals surface area contributed by atoms with Crippen molar-refractivity contribution < 1.29 is 23.2 Å². The number of rotatable bonds is 8. The molecule has 144 valence electrons. The highest BCUT2D eigenvalue weighted by atomic mass is 32.2. The van der Waals surface area contributed by atoms with Crippen LogP contribution in [0.5, 0.6) is 0 Å². The molecule has 0 aliphatic heterocycles. The van der Waals surface area contributed by atoms with Crippen LogP contribution < -0.4 is 4.72 Å². The minimum Gasteiger partial charge on any atom is -0.480 e. The lowest BCUT2D eigenvalue weighted by Gasteiger charge is -2.42. The fourth-order valence-electron chi connectivity index (χ4n) is 3.39. The molecule has 26 heavy (non-hydrogen) atoms. The van der Waals surface area contributed by atoms with Crippen LogP contribution in [0.4, 0.5) is 5.69 Å². The van der Waals surface area contributed by atoms with Gasteiger partial charge in [-0.1, -0.05) is 6.92 Å². The predicted molar refractivity (Wildman–Crippen MR) is 94.6 cm³/mol. The zero-order valence-electron chi connectivity index (χ0n) is 14.9. The Labute approximate surface area is 152 Å². The molecule has 10 heteroatoms. The van der Waals surface area contributed by atoms with Gasteiger partial charge in [-0.05, 0) is 44.4 Å². The SMILES string of the molecule is CCN(CC(=O)O)C1CC(NS(=O)(=O)c2c(C)cc([N+](=O)[O-])cc2C)C1. The number of nitro benzene ring substituents is 1. The van der Waals surface area contributed by atoms with E-state index in [1.165, 1.54) is 26.0 Å². The van der Waals surface area contributed by atoms with E-state index in [4.69, 9.17) is 5.11 Å². The predicted octanol–water partition coefficient (Wildman–Crippen LogP) is 1.43. The van der Waals surface area contributed by atoms with E-state index in [1.807, 2.05) is 6.92 Å². The normalized spacial score (nSPS) is 20.0. The number of aryl methyl sites for hydroxylation is 2. The van der Waals surface area contributed by atoms with Gasteiger partial charge in [0.25, 0.3) is 5.69 Å². The number of nitrogens with one attached hydrogen (secondary N) is 1. The van der Waals surface area contributed by atoms with Crippen molar-refractivity contribution in [1.82, 2.24) is 9.62 Å². The summed E-state index contributed by atoms with van der Waals surface area (Å²) in [6.45, 7) is 5.44. The zero-order chi connectivity index (χ0) is 19.6. The van der Waals surface area contributed by atoms with Crippen molar-refractivity contribution in [1.29, 1.82) is 0 Å². The molecule has 0 atom stereocenters. The summed E-state index contributed by atoms with van der Waals surface area (Å²) in [5, 5.41) is 19.8. The number of non-ortho nitro benzene ring substituents is 1. The lowest BCUT2D eigenvalue weighted by molar-refractivity contribution is -0.385. The second-order valence-electron chi connectivity index (χ2n) is 6.57. The van der Waals surface area contributed by atoms with E-state index < -0.39 is 20.9 Å². The third-order valence-electron chi connectivity index (χ3n) is 4.62. The summed E-state index contributed by atoms with van der Waals surface area (Å²) in [7, 11) is -3.81. The van der Waals surface area contributed by atoms with Crippen molar-refractivity contribution in [3.05, 3.63) is 33.4 Å². The van der Waals surface area contributed by atoms with Gasteiger partial charge >= 0.3 is 5.97 Å². The lowest BCUT2D eigenvalue weighted by Crippen LogP contribution is -2.54. The molecule has 1 aromatic carbocycles. The fourth-order valence-corrected chi connectivity index (χ4v) is 5.10. The standard InChI is InChI=1S/C16H23N3O6S/c1-4-18(9-15(20)21)13-7-12(8-13)17-26(24,25)16-10(2)5-14(19(22)23)6-11(16)3/h5-6,12-13,17H,4,7-9H2,1-3H3,(H,20,21). The molecule has 0 spiro atoms. The Kier molecular flexibility index (Phi) is 5.99. The van der Waals surface area contributed by atoms with E-state index >= 15 is 0 Å². The number of carboxylic acid groups (broad SMARTS) is 1. The molecule has 0 heterocycles. The monoisotopic (exact) mass is 385 g/mol. The number of nitrogens with zero attached hydrogens (tertiary/aromatic N) is 2. The molecule has 0 saturated heterocycles. The van der Waals surface area contributed by atoms with Gasteiger partial charge in [-0.15, -0.1) is 0 Å². The molecule has 1 fully saturated rings.